The molecule has 5 heteroatoms. The first-order valence-electron chi connectivity index (χ1n) is 8.11. The molecule has 1 amide bonds. The number of aromatic nitrogens is 2. The number of amides is 1. The second-order valence-corrected chi connectivity index (χ2v) is 5.95. The number of nitrogens with zero attached hydrogens (tertiary/aromatic N) is 2. The molecule has 0 radical (unpaired) electrons. The van der Waals surface area contributed by atoms with Crippen molar-refractivity contribution < 1.29 is 9.53 Å². The summed E-state index contributed by atoms with van der Waals surface area (Å²) in [7, 11) is 1.63. The van der Waals surface area contributed by atoms with Crippen LogP contribution in [0.15, 0.2) is 54.6 Å². The zero-order valence-electron chi connectivity index (χ0n) is 14.6. The second-order valence-electron chi connectivity index (χ2n) is 5.95. The lowest BCUT2D eigenvalue weighted by Crippen LogP contribution is -2.23. The Labute approximate surface area is 147 Å². The Balaban J connectivity index is 1.72. The van der Waals surface area contributed by atoms with Gasteiger partial charge in [-0.2, -0.15) is 5.10 Å². The van der Waals surface area contributed by atoms with Gasteiger partial charge in [-0.1, -0.05) is 29.8 Å². The minimum atomic E-state index is -0.184. The molecule has 5 nitrogen and oxygen atoms in total. The Morgan fingerprint density at radius 1 is 1.08 bits per heavy atom. The lowest BCUT2D eigenvalue weighted by molar-refractivity contribution is 0.0945. The Morgan fingerprint density at radius 2 is 1.76 bits per heavy atom. The van der Waals surface area contributed by atoms with E-state index in [0.29, 0.717) is 12.2 Å². The summed E-state index contributed by atoms with van der Waals surface area (Å²) in [5.41, 5.74) is 4.44. The van der Waals surface area contributed by atoms with Gasteiger partial charge < -0.3 is 10.1 Å². The van der Waals surface area contributed by atoms with Crippen molar-refractivity contribution in [1.82, 2.24) is 15.1 Å². The van der Waals surface area contributed by atoms with Crippen LogP contribution < -0.4 is 10.1 Å². The molecule has 0 aliphatic rings. The van der Waals surface area contributed by atoms with Crippen molar-refractivity contribution in [1.29, 1.82) is 0 Å². The highest BCUT2D eigenvalue weighted by atomic mass is 16.5. The quantitative estimate of drug-likeness (QED) is 0.777. The number of nitrogens with one attached hydrogen (secondary N) is 1. The smallest absolute Gasteiger partial charge is 0.272 e. The molecule has 1 N–H and O–H groups in total. The van der Waals surface area contributed by atoms with Crippen LogP contribution in [-0.2, 0) is 6.54 Å². The number of rotatable bonds is 5. The van der Waals surface area contributed by atoms with E-state index in [-0.39, 0.29) is 5.91 Å². The summed E-state index contributed by atoms with van der Waals surface area (Å²) in [6, 6.07) is 17.4. The molecule has 0 saturated carbocycles. The molecule has 3 aromatic rings. The molecule has 0 bridgehead atoms. The van der Waals surface area contributed by atoms with Crippen molar-refractivity contribution in [2.45, 2.75) is 20.4 Å². The monoisotopic (exact) mass is 335 g/mol. The van der Waals surface area contributed by atoms with E-state index in [0.717, 1.165) is 22.7 Å². The maximum Gasteiger partial charge on any atom is 0.272 e. The molecular formula is C20H21N3O2. The first-order chi connectivity index (χ1) is 12.1. The average Bonchev–Trinajstić information content (AvgIpc) is 3.03. The van der Waals surface area contributed by atoms with Crippen molar-refractivity contribution in [3.8, 4) is 11.4 Å². The lowest BCUT2D eigenvalue weighted by Gasteiger charge is -2.06. The third-order valence-electron chi connectivity index (χ3n) is 4.01. The third-order valence-corrected chi connectivity index (χ3v) is 4.01. The van der Waals surface area contributed by atoms with Crippen LogP contribution in [0.1, 0.15) is 27.3 Å². The van der Waals surface area contributed by atoms with Crippen LogP contribution in [0.4, 0.5) is 0 Å². The summed E-state index contributed by atoms with van der Waals surface area (Å²) in [5.74, 6) is 0.598. The minimum absolute atomic E-state index is 0.184. The number of benzene rings is 2. The van der Waals surface area contributed by atoms with Crippen molar-refractivity contribution >= 4 is 5.91 Å². The fourth-order valence-corrected chi connectivity index (χ4v) is 2.55. The van der Waals surface area contributed by atoms with Crippen molar-refractivity contribution in [3.05, 3.63) is 77.1 Å². The van der Waals surface area contributed by atoms with E-state index in [1.54, 1.807) is 17.9 Å². The van der Waals surface area contributed by atoms with E-state index in [1.807, 2.05) is 62.4 Å². The Bertz CT molecular complexity index is 865. The van der Waals surface area contributed by atoms with Crippen molar-refractivity contribution in [2.75, 3.05) is 7.11 Å². The van der Waals surface area contributed by atoms with Gasteiger partial charge in [-0.05, 0) is 49.7 Å². The molecule has 0 unspecified atom stereocenters. The van der Waals surface area contributed by atoms with E-state index in [9.17, 15) is 4.79 Å². The van der Waals surface area contributed by atoms with Crippen molar-refractivity contribution in [2.24, 2.45) is 0 Å². The maximum atomic E-state index is 12.4. The molecule has 0 fully saturated rings. The highest BCUT2D eigenvalue weighted by molar-refractivity contribution is 5.92. The first kappa shape index (κ1) is 16.8. The molecule has 0 aliphatic carbocycles. The van der Waals surface area contributed by atoms with E-state index in [4.69, 9.17) is 4.74 Å². The van der Waals surface area contributed by atoms with Gasteiger partial charge in [0.1, 0.15) is 5.75 Å². The van der Waals surface area contributed by atoms with Gasteiger partial charge >= 0.3 is 0 Å². The van der Waals surface area contributed by atoms with E-state index < -0.39 is 0 Å². The fraction of sp³-hybridized carbons (Fsp3) is 0.200. The molecule has 0 aliphatic heterocycles. The van der Waals surface area contributed by atoms with Crippen LogP contribution in [0.25, 0.3) is 5.69 Å². The summed E-state index contributed by atoms with van der Waals surface area (Å²) in [4.78, 5) is 12.4. The molecule has 1 heterocycles. The van der Waals surface area contributed by atoms with Gasteiger partial charge in [0.2, 0.25) is 0 Å². The van der Waals surface area contributed by atoms with Crippen LogP contribution in [0.2, 0.25) is 0 Å². The normalized spacial score (nSPS) is 10.5. The van der Waals surface area contributed by atoms with Crippen LogP contribution in [0.5, 0.6) is 5.75 Å². The van der Waals surface area contributed by atoms with Gasteiger partial charge in [-0.15, -0.1) is 0 Å². The molecule has 25 heavy (non-hydrogen) atoms. The number of carbonyl (C=O) groups is 1. The fourth-order valence-electron chi connectivity index (χ4n) is 2.55. The highest BCUT2D eigenvalue weighted by Gasteiger charge is 2.13. The van der Waals surface area contributed by atoms with E-state index in [2.05, 4.69) is 10.4 Å². The van der Waals surface area contributed by atoms with Crippen LogP contribution in [-0.4, -0.2) is 22.8 Å². The molecule has 0 atom stereocenters. The highest BCUT2D eigenvalue weighted by Crippen LogP contribution is 2.17. The van der Waals surface area contributed by atoms with Crippen LogP contribution in [0, 0.1) is 13.8 Å². The number of hydrogen-bond donors (Lipinski definition) is 1. The molecule has 3 rings (SSSR count). The average molecular weight is 335 g/mol. The van der Waals surface area contributed by atoms with Gasteiger partial charge in [0.25, 0.3) is 5.91 Å². The van der Waals surface area contributed by atoms with Crippen molar-refractivity contribution in [3.63, 3.8) is 0 Å². The number of aryl methyl sites for hydroxylation is 2. The summed E-state index contributed by atoms with van der Waals surface area (Å²) >= 11 is 0. The van der Waals surface area contributed by atoms with Gasteiger partial charge in [-0.3, -0.25) is 4.79 Å². The molecule has 128 valence electrons. The lowest BCUT2D eigenvalue weighted by atomic mass is 10.1. The van der Waals surface area contributed by atoms with Gasteiger partial charge in [-0.25, -0.2) is 4.68 Å². The SMILES string of the molecule is COc1ccc(-n2nc(C(=O)NCc3ccc(C)cc3)cc2C)cc1. The van der Waals surface area contributed by atoms with Gasteiger partial charge in [0.15, 0.2) is 5.69 Å². The second kappa shape index (κ2) is 7.21. The third kappa shape index (κ3) is 3.88. The summed E-state index contributed by atoms with van der Waals surface area (Å²) in [6.07, 6.45) is 0. The summed E-state index contributed by atoms with van der Waals surface area (Å²) < 4.78 is 6.92. The first-order valence-corrected chi connectivity index (χ1v) is 8.11. The molecule has 2 aromatic carbocycles. The predicted octanol–water partition coefficient (Wildman–Crippen LogP) is 3.43. The molecular weight excluding hydrogens is 314 g/mol. The largest absolute Gasteiger partial charge is 0.497 e. The van der Waals surface area contributed by atoms with Crippen LogP contribution in [0.3, 0.4) is 0 Å². The van der Waals surface area contributed by atoms with E-state index in [1.165, 1.54) is 5.56 Å². The number of ether oxygens (including phenoxy) is 1. The zero-order chi connectivity index (χ0) is 17.8. The maximum absolute atomic E-state index is 12.4. The Kier molecular flexibility index (Phi) is 4.84. The zero-order valence-corrected chi connectivity index (χ0v) is 14.6. The molecule has 1 aromatic heterocycles. The number of carbonyl (C=O) groups excluding carboxylic acids is 1. The number of methoxy groups -OCH3 is 1. The van der Waals surface area contributed by atoms with Crippen LogP contribution >= 0.6 is 0 Å². The predicted molar refractivity (Wildman–Crippen MR) is 97.2 cm³/mol. The molecule has 0 spiro atoms. The van der Waals surface area contributed by atoms with E-state index >= 15 is 0 Å². The Morgan fingerprint density at radius 3 is 2.40 bits per heavy atom. The van der Waals surface area contributed by atoms with Gasteiger partial charge in [0, 0.05) is 12.2 Å². The van der Waals surface area contributed by atoms with Gasteiger partial charge in [0.05, 0.1) is 12.8 Å². The summed E-state index contributed by atoms with van der Waals surface area (Å²) in [6.45, 7) is 4.44. The standard InChI is InChI=1S/C20H21N3O2/c1-14-4-6-16(7-5-14)13-21-20(24)19-12-15(2)23(22-19)17-8-10-18(25-3)11-9-17/h4-12H,13H2,1-3H3,(H,21,24). The Hall–Kier alpha value is -3.08. The number of hydrogen-bond acceptors (Lipinski definition) is 3. The minimum Gasteiger partial charge on any atom is -0.497 e. The summed E-state index contributed by atoms with van der Waals surface area (Å²) in [5, 5.41) is 7.34. The topological polar surface area (TPSA) is 56.2 Å². The molecule has 0 saturated heterocycles.